The zero-order chi connectivity index (χ0) is 14.7. The summed E-state index contributed by atoms with van der Waals surface area (Å²) in [6.07, 6.45) is 1.43. The van der Waals surface area contributed by atoms with Crippen LogP contribution < -0.4 is 0 Å². The van der Waals surface area contributed by atoms with Gasteiger partial charge in [-0.25, -0.2) is 9.59 Å². The average Bonchev–Trinajstić information content (AvgIpc) is 2.95. The van der Waals surface area contributed by atoms with Crippen LogP contribution in [0.1, 0.15) is 12.8 Å². The maximum atomic E-state index is 12.4. The smallest absolute Gasteiger partial charge is 0.327 e. The Morgan fingerprint density at radius 3 is 2.75 bits per heavy atom. The molecular formula is C12H18N2O5S. The summed E-state index contributed by atoms with van der Waals surface area (Å²) in [5.74, 6) is -0.806. The van der Waals surface area contributed by atoms with Gasteiger partial charge >= 0.3 is 18.0 Å². The van der Waals surface area contributed by atoms with Gasteiger partial charge in [0, 0.05) is 18.8 Å². The van der Waals surface area contributed by atoms with E-state index < -0.39 is 12.0 Å². The largest absolute Gasteiger partial charge is 0.480 e. The Bertz CT molecular complexity index is 417. The highest BCUT2D eigenvalue weighted by Crippen LogP contribution is 2.25. The minimum atomic E-state index is -0.982. The Morgan fingerprint density at radius 1 is 1.35 bits per heavy atom. The molecule has 7 nitrogen and oxygen atoms in total. The molecule has 0 aromatic heterocycles. The quantitative estimate of drug-likeness (QED) is 0.745. The van der Waals surface area contributed by atoms with E-state index in [0.717, 1.165) is 6.42 Å². The molecule has 2 heterocycles. The molecule has 2 amide bonds. The number of nitrogens with zero attached hydrogens (tertiary/aromatic N) is 2. The maximum Gasteiger partial charge on any atom is 0.327 e. The number of hydrogen-bond donors (Lipinski definition) is 1. The molecule has 1 N–H and O–H groups in total. The van der Waals surface area contributed by atoms with E-state index in [2.05, 4.69) is 0 Å². The van der Waals surface area contributed by atoms with Gasteiger partial charge in [-0.05, 0) is 12.8 Å². The van der Waals surface area contributed by atoms with Crippen molar-refractivity contribution in [1.82, 2.24) is 9.80 Å². The Labute approximate surface area is 121 Å². The van der Waals surface area contributed by atoms with Crippen LogP contribution in [0.5, 0.6) is 0 Å². The van der Waals surface area contributed by atoms with Gasteiger partial charge in [-0.3, -0.25) is 4.79 Å². The van der Waals surface area contributed by atoms with Crippen molar-refractivity contribution in [3.05, 3.63) is 0 Å². The van der Waals surface area contributed by atoms with Crippen molar-refractivity contribution in [2.75, 3.05) is 31.8 Å². The van der Waals surface area contributed by atoms with E-state index in [9.17, 15) is 14.4 Å². The number of carbonyl (C=O) groups excluding carboxylic acids is 2. The summed E-state index contributed by atoms with van der Waals surface area (Å²) in [5.41, 5.74) is 0. The molecule has 2 aliphatic rings. The van der Waals surface area contributed by atoms with E-state index >= 15 is 0 Å². The third kappa shape index (κ3) is 3.00. The molecule has 2 unspecified atom stereocenters. The van der Waals surface area contributed by atoms with Crippen LogP contribution in [-0.4, -0.2) is 70.7 Å². The van der Waals surface area contributed by atoms with Gasteiger partial charge in [-0.15, -0.1) is 11.8 Å². The van der Waals surface area contributed by atoms with E-state index in [4.69, 9.17) is 9.84 Å². The Hall–Kier alpha value is -1.44. The third-order valence-corrected chi connectivity index (χ3v) is 4.65. The van der Waals surface area contributed by atoms with Crippen molar-refractivity contribution < 1.29 is 24.2 Å². The molecule has 0 aromatic carbocycles. The van der Waals surface area contributed by atoms with E-state index in [1.54, 1.807) is 4.90 Å². The number of esters is 1. The molecule has 112 valence electrons. The molecule has 0 aromatic rings. The molecule has 2 rings (SSSR count). The lowest BCUT2D eigenvalue weighted by Gasteiger charge is -2.35. The fourth-order valence-corrected chi connectivity index (χ4v) is 3.67. The molecule has 2 aliphatic heterocycles. The number of amides is 2. The van der Waals surface area contributed by atoms with Gasteiger partial charge in [0.25, 0.3) is 0 Å². The minimum Gasteiger partial charge on any atom is -0.480 e. The number of methoxy groups -OCH3 is 1. The summed E-state index contributed by atoms with van der Waals surface area (Å²) in [4.78, 5) is 38.0. The zero-order valence-corrected chi connectivity index (χ0v) is 12.1. The predicted octanol–water partition coefficient (Wildman–Crippen LogP) is 0.451. The number of thioether (sulfide) groups is 1. The van der Waals surface area contributed by atoms with E-state index in [1.807, 2.05) is 0 Å². The molecule has 0 spiro atoms. The van der Waals surface area contributed by atoms with Crippen molar-refractivity contribution in [3.63, 3.8) is 0 Å². The first kappa shape index (κ1) is 15.0. The second kappa shape index (κ2) is 6.34. The fraction of sp³-hybridized carbons (Fsp3) is 0.750. The van der Waals surface area contributed by atoms with Crippen LogP contribution in [-0.2, 0) is 14.3 Å². The molecule has 20 heavy (non-hydrogen) atoms. The van der Waals surface area contributed by atoms with Gasteiger partial charge in [0.15, 0.2) is 0 Å². The molecule has 0 radical (unpaired) electrons. The average molecular weight is 302 g/mol. The van der Waals surface area contributed by atoms with Crippen LogP contribution in [0.3, 0.4) is 0 Å². The third-order valence-electron chi connectivity index (χ3n) is 3.64. The summed E-state index contributed by atoms with van der Waals surface area (Å²) in [6, 6.07) is -1.07. The zero-order valence-electron chi connectivity index (χ0n) is 11.3. The summed E-state index contributed by atoms with van der Waals surface area (Å²) in [5, 5.41) is 9.11. The second-order valence-corrected chi connectivity index (χ2v) is 5.91. The first-order valence-corrected chi connectivity index (χ1v) is 7.64. The number of carbonyl (C=O) groups is 3. The van der Waals surface area contributed by atoms with Crippen LogP contribution in [0.4, 0.5) is 4.79 Å². The van der Waals surface area contributed by atoms with Gasteiger partial charge in [-0.1, -0.05) is 0 Å². The van der Waals surface area contributed by atoms with Crippen LogP contribution in [0.2, 0.25) is 0 Å². The standard InChI is InChI=1S/C12H18N2O5S/c1-19-11(17)8-3-2-4-13(5-8)12(18)14-7-20-6-9(14)10(15)16/h8-9H,2-7H2,1H3,(H,15,16). The fourth-order valence-electron chi connectivity index (χ4n) is 2.53. The highest BCUT2D eigenvalue weighted by molar-refractivity contribution is 7.99. The number of urea groups is 1. The lowest BCUT2D eigenvalue weighted by molar-refractivity contribution is -0.147. The molecule has 8 heteroatoms. The van der Waals surface area contributed by atoms with Crippen LogP contribution in [0, 0.1) is 5.92 Å². The number of aliphatic carboxylic acids is 1. The Balaban J connectivity index is 2.01. The Morgan fingerprint density at radius 2 is 2.10 bits per heavy atom. The lowest BCUT2D eigenvalue weighted by Crippen LogP contribution is -2.52. The van der Waals surface area contributed by atoms with Crippen molar-refractivity contribution in [2.24, 2.45) is 5.92 Å². The molecule has 0 bridgehead atoms. The summed E-state index contributed by atoms with van der Waals surface area (Å²) < 4.78 is 4.71. The molecule has 0 saturated carbocycles. The number of rotatable bonds is 2. The molecule has 2 fully saturated rings. The van der Waals surface area contributed by atoms with Crippen LogP contribution in [0.25, 0.3) is 0 Å². The second-order valence-electron chi connectivity index (χ2n) is 4.91. The SMILES string of the molecule is COC(=O)C1CCCN(C(=O)N2CSCC2C(=O)O)C1. The summed E-state index contributed by atoms with van der Waals surface area (Å²) in [7, 11) is 1.33. The predicted molar refractivity (Wildman–Crippen MR) is 72.3 cm³/mol. The van der Waals surface area contributed by atoms with Gasteiger partial charge < -0.3 is 19.6 Å². The van der Waals surface area contributed by atoms with Crippen molar-refractivity contribution in [2.45, 2.75) is 18.9 Å². The maximum absolute atomic E-state index is 12.4. The van der Waals surface area contributed by atoms with Gasteiger partial charge in [0.05, 0.1) is 18.9 Å². The monoisotopic (exact) mass is 302 g/mol. The lowest BCUT2D eigenvalue weighted by atomic mass is 9.98. The number of ether oxygens (including phenoxy) is 1. The van der Waals surface area contributed by atoms with Crippen LogP contribution >= 0.6 is 11.8 Å². The molecule has 2 saturated heterocycles. The molecular weight excluding hydrogens is 284 g/mol. The van der Waals surface area contributed by atoms with E-state index in [0.29, 0.717) is 31.1 Å². The minimum absolute atomic E-state index is 0.295. The summed E-state index contributed by atoms with van der Waals surface area (Å²) in [6.45, 7) is 0.860. The molecule has 0 aliphatic carbocycles. The van der Waals surface area contributed by atoms with Gasteiger partial charge in [0.2, 0.25) is 0 Å². The first-order chi connectivity index (χ1) is 9.54. The number of hydrogen-bond acceptors (Lipinski definition) is 5. The van der Waals surface area contributed by atoms with Crippen molar-refractivity contribution in [1.29, 1.82) is 0 Å². The number of likely N-dealkylation sites (tertiary alicyclic amines) is 1. The highest BCUT2D eigenvalue weighted by atomic mass is 32.2. The van der Waals surface area contributed by atoms with Crippen molar-refractivity contribution >= 4 is 29.7 Å². The number of piperidine rings is 1. The number of carboxylic acids is 1. The molecule has 2 atom stereocenters. The highest BCUT2D eigenvalue weighted by Gasteiger charge is 2.38. The number of carboxylic acid groups (broad SMARTS) is 1. The van der Waals surface area contributed by atoms with Gasteiger partial charge in [-0.2, -0.15) is 0 Å². The normalized spacial score (nSPS) is 26.4. The topological polar surface area (TPSA) is 87.2 Å². The van der Waals surface area contributed by atoms with E-state index in [1.165, 1.54) is 23.8 Å². The first-order valence-electron chi connectivity index (χ1n) is 6.48. The Kier molecular flexibility index (Phi) is 4.74. The van der Waals surface area contributed by atoms with Gasteiger partial charge in [0.1, 0.15) is 6.04 Å². The summed E-state index contributed by atoms with van der Waals surface area (Å²) >= 11 is 1.43. The van der Waals surface area contributed by atoms with Crippen molar-refractivity contribution in [3.8, 4) is 0 Å². The van der Waals surface area contributed by atoms with Crippen LogP contribution in [0.15, 0.2) is 0 Å². The van der Waals surface area contributed by atoms with E-state index in [-0.39, 0.29) is 17.9 Å².